The summed E-state index contributed by atoms with van der Waals surface area (Å²) in [4.78, 5) is 11.7. The number of fused-ring (bicyclic) bond motifs is 1. The van der Waals surface area contributed by atoms with Gasteiger partial charge in [-0.1, -0.05) is 0 Å². The van der Waals surface area contributed by atoms with E-state index in [1.807, 2.05) is 0 Å². The van der Waals surface area contributed by atoms with Gasteiger partial charge in [-0.05, 0) is 44.7 Å². The first kappa shape index (κ1) is 13.1. The third kappa shape index (κ3) is 2.29. The molecule has 1 aromatic heterocycles. The second-order valence-corrected chi connectivity index (χ2v) is 6.32. The van der Waals surface area contributed by atoms with E-state index in [-0.39, 0.29) is 6.10 Å². The van der Waals surface area contributed by atoms with Gasteiger partial charge in [0.05, 0.1) is 17.7 Å². The van der Waals surface area contributed by atoms with Crippen molar-refractivity contribution in [1.82, 2.24) is 4.98 Å². The minimum absolute atomic E-state index is 0.215. The molecule has 0 spiro atoms. The molecular weight excluding hydrogens is 264 g/mol. The first-order valence-corrected chi connectivity index (χ1v) is 7.93. The van der Waals surface area contributed by atoms with Crippen molar-refractivity contribution in [3.63, 3.8) is 0 Å². The molecule has 1 aliphatic carbocycles. The highest BCUT2D eigenvalue weighted by molar-refractivity contribution is 6.03. The minimum atomic E-state index is 0.215. The predicted octanol–water partition coefficient (Wildman–Crippen LogP) is 2.01. The number of nitrogens with zero attached hydrogens (tertiary/aromatic N) is 3. The molecule has 1 saturated carbocycles. The van der Waals surface area contributed by atoms with E-state index in [0.717, 1.165) is 30.8 Å². The molecule has 0 amide bonds. The quantitative estimate of drug-likeness (QED) is 0.903. The Balaban J connectivity index is 1.72. The molecule has 2 aliphatic heterocycles. The van der Waals surface area contributed by atoms with Gasteiger partial charge in [0.2, 0.25) is 0 Å². The zero-order chi connectivity index (χ0) is 14.4. The van der Waals surface area contributed by atoms with Crippen molar-refractivity contribution < 1.29 is 4.74 Å². The fourth-order valence-corrected chi connectivity index (χ4v) is 3.37. The lowest BCUT2D eigenvalue weighted by atomic mass is 10.0. The first-order chi connectivity index (χ1) is 10.2. The summed E-state index contributed by atoms with van der Waals surface area (Å²) in [6.45, 7) is 3.60. The van der Waals surface area contributed by atoms with Gasteiger partial charge in [-0.2, -0.15) is 0 Å². The molecule has 0 unspecified atom stereocenters. The largest absolute Gasteiger partial charge is 0.383 e. The number of ether oxygens (including phenoxy) is 1. The molecule has 4 rings (SSSR count). The third-order valence-corrected chi connectivity index (χ3v) is 4.80. The first-order valence-electron chi connectivity index (χ1n) is 7.93. The van der Waals surface area contributed by atoms with Crippen LogP contribution in [0.5, 0.6) is 0 Å². The standard InChI is InChI=1S/C16H22N4O/c1-10-14(3-2-8-21-10)20-9-18-15(17)12-6-7-13(11-4-5-11)19-16(12)20/h6-7,10-11,14H,2-5,8-9H2,1H3,(H2,17,18)/t10-,14+/m0/s1. The summed E-state index contributed by atoms with van der Waals surface area (Å²) >= 11 is 0. The SMILES string of the molecule is C[C@@H]1OCCC[C@H]1N1CN=C(N)c2ccc(C3CC3)nc21. The predicted molar refractivity (Wildman–Crippen MR) is 82.7 cm³/mol. The number of amidine groups is 1. The van der Waals surface area contributed by atoms with Crippen LogP contribution in [0.3, 0.4) is 0 Å². The topological polar surface area (TPSA) is 63.7 Å². The Labute approximate surface area is 125 Å². The zero-order valence-electron chi connectivity index (χ0n) is 12.5. The number of aromatic nitrogens is 1. The Morgan fingerprint density at radius 2 is 2.14 bits per heavy atom. The Bertz CT molecular complexity index is 582. The van der Waals surface area contributed by atoms with E-state index >= 15 is 0 Å². The third-order valence-electron chi connectivity index (χ3n) is 4.80. The highest BCUT2D eigenvalue weighted by atomic mass is 16.5. The lowest BCUT2D eigenvalue weighted by molar-refractivity contribution is 0.0112. The molecule has 2 fully saturated rings. The summed E-state index contributed by atoms with van der Waals surface area (Å²) in [7, 11) is 0. The molecule has 2 N–H and O–H groups in total. The van der Waals surface area contributed by atoms with Gasteiger partial charge < -0.3 is 15.4 Å². The van der Waals surface area contributed by atoms with Crippen molar-refractivity contribution in [2.45, 2.75) is 50.7 Å². The molecule has 3 aliphatic rings. The molecule has 5 heteroatoms. The van der Waals surface area contributed by atoms with Gasteiger partial charge in [0.25, 0.3) is 0 Å². The molecule has 0 aromatic carbocycles. The summed E-state index contributed by atoms with van der Waals surface area (Å²) in [5, 5.41) is 0. The maximum Gasteiger partial charge on any atom is 0.141 e. The van der Waals surface area contributed by atoms with E-state index < -0.39 is 0 Å². The van der Waals surface area contributed by atoms with Gasteiger partial charge >= 0.3 is 0 Å². The van der Waals surface area contributed by atoms with Crippen molar-refractivity contribution in [2.24, 2.45) is 10.7 Å². The number of aliphatic imine (C=N–C) groups is 1. The zero-order valence-corrected chi connectivity index (χ0v) is 12.5. The lowest BCUT2D eigenvalue weighted by Gasteiger charge is -2.40. The smallest absolute Gasteiger partial charge is 0.141 e. The fourth-order valence-electron chi connectivity index (χ4n) is 3.37. The van der Waals surface area contributed by atoms with Gasteiger partial charge in [-0.3, -0.25) is 0 Å². The van der Waals surface area contributed by atoms with Gasteiger partial charge in [-0.25, -0.2) is 9.98 Å². The van der Waals surface area contributed by atoms with Crippen molar-refractivity contribution in [3.8, 4) is 0 Å². The van der Waals surface area contributed by atoms with E-state index in [0.29, 0.717) is 24.5 Å². The molecule has 1 aromatic rings. The Hall–Kier alpha value is -1.62. The molecule has 112 valence electrons. The van der Waals surface area contributed by atoms with E-state index in [9.17, 15) is 0 Å². The van der Waals surface area contributed by atoms with Crippen LogP contribution < -0.4 is 10.6 Å². The van der Waals surface area contributed by atoms with Crippen LogP contribution >= 0.6 is 0 Å². The van der Waals surface area contributed by atoms with Crippen LogP contribution in [0.2, 0.25) is 0 Å². The monoisotopic (exact) mass is 286 g/mol. The number of hydrogen-bond acceptors (Lipinski definition) is 5. The van der Waals surface area contributed by atoms with Crippen molar-refractivity contribution >= 4 is 11.7 Å². The number of pyridine rings is 1. The van der Waals surface area contributed by atoms with E-state index in [1.165, 1.54) is 18.5 Å². The van der Waals surface area contributed by atoms with Gasteiger partial charge in [0.15, 0.2) is 0 Å². The van der Waals surface area contributed by atoms with Gasteiger partial charge in [0.1, 0.15) is 18.3 Å². The van der Waals surface area contributed by atoms with Crippen molar-refractivity contribution in [2.75, 3.05) is 18.2 Å². The average molecular weight is 286 g/mol. The fraction of sp³-hybridized carbons (Fsp3) is 0.625. The summed E-state index contributed by atoms with van der Waals surface area (Å²) < 4.78 is 5.83. The molecular formula is C16H22N4O. The van der Waals surface area contributed by atoms with Crippen LogP contribution in [-0.2, 0) is 4.74 Å². The number of anilines is 1. The van der Waals surface area contributed by atoms with E-state index in [1.54, 1.807) is 0 Å². The molecule has 21 heavy (non-hydrogen) atoms. The van der Waals surface area contributed by atoms with Crippen LogP contribution in [0, 0.1) is 0 Å². The van der Waals surface area contributed by atoms with Crippen LogP contribution in [0.1, 0.15) is 49.8 Å². The maximum absolute atomic E-state index is 6.07. The van der Waals surface area contributed by atoms with Crippen molar-refractivity contribution in [1.29, 1.82) is 0 Å². The molecule has 0 radical (unpaired) electrons. The molecule has 2 atom stereocenters. The van der Waals surface area contributed by atoms with Crippen LogP contribution in [-0.4, -0.2) is 36.2 Å². The number of hydrogen-bond donors (Lipinski definition) is 1. The molecule has 0 bridgehead atoms. The second-order valence-electron chi connectivity index (χ2n) is 6.32. The summed E-state index contributed by atoms with van der Waals surface area (Å²) in [6, 6.07) is 4.55. The van der Waals surface area contributed by atoms with Crippen LogP contribution in [0.4, 0.5) is 5.82 Å². The Morgan fingerprint density at radius 1 is 1.29 bits per heavy atom. The second kappa shape index (κ2) is 4.98. The summed E-state index contributed by atoms with van der Waals surface area (Å²) in [5.74, 6) is 2.27. The molecule has 5 nitrogen and oxygen atoms in total. The molecule has 1 saturated heterocycles. The van der Waals surface area contributed by atoms with Crippen LogP contribution in [0.15, 0.2) is 17.1 Å². The van der Waals surface area contributed by atoms with Crippen LogP contribution in [0.25, 0.3) is 0 Å². The minimum Gasteiger partial charge on any atom is -0.383 e. The highest BCUT2D eigenvalue weighted by Gasteiger charge is 2.34. The van der Waals surface area contributed by atoms with E-state index in [2.05, 4.69) is 28.9 Å². The lowest BCUT2D eigenvalue weighted by Crippen LogP contribution is -2.49. The molecule has 3 heterocycles. The summed E-state index contributed by atoms with van der Waals surface area (Å²) in [6.07, 6.45) is 4.97. The van der Waals surface area contributed by atoms with Gasteiger partial charge in [-0.15, -0.1) is 0 Å². The maximum atomic E-state index is 6.07. The number of nitrogens with two attached hydrogens (primary N) is 1. The highest BCUT2D eigenvalue weighted by Crippen LogP contribution is 2.40. The number of rotatable bonds is 2. The Morgan fingerprint density at radius 3 is 2.90 bits per heavy atom. The normalized spacial score (nSPS) is 29.0. The van der Waals surface area contributed by atoms with Gasteiger partial charge in [0, 0.05) is 18.2 Å². The summed E-state index contributed by atoms with van der Waals surface area (Å²) in [5.41, 5.74) is 8.25. The Kier molecular flexibility index (Phi) is 3.10. The van der Waals surface area contributed by atoms with E-state index in [4.69, 9.17) is 15.5 Å². The van der Waals surface area contributed by atoms with Crippen molar-refractivity contribution in [3.05, 3.63) is 23.4 Å². The average Bonchev–Trinajstić information content (AvgIpc) is 3.33.